The van der Waals surface area contributed by atoms with E-state index < -0.39 is 6.04 Å². The molecule has 0 aliphatic heterocycles. The van der Waals surface area contributed by atoms with E-state index in [9.17, 15) is 9.90 Å². The summed E-state index contributed by atoms with van der Waals surface area (Å²) in [5.41, 5.74) is 10.7. The van der Waals surface area contributed by atoms with Gasteiger partial charge < -0.3 is 15.6 Å². The third-order valence-corrected chi connectivity index (χ3v) is 5.58. The van der Waals surface area contributed by atoms with Crippen LogP contribution in [-0.2, 0) is 9.53 Å². The Bertz CT molecular complexity index is 1300. The van der Waals surface area contributed by atoms with Gasteiger partial charge in [0.1, 0.15) is 5.75 Å². The molecule has 174 valence electrons. The Morgan fingerprint density at radius 3 is 2.41 bits per heavy atom. The lowest BCUT2D eigenvalue weighted by Gasteiger charge is -2.19. The van der Waals surface area contributed by atoms with E-state index in [2.05, 4.69) is 15.3 Å². The molecule has 2 heterocycles. The summed E-state index contributed by atoms with van der Waals surface area (Å²) in [4.78, 5) is 12.4. The van der Waals surface area contributed by atoms with E-state index in [0.717, 1.165) is 22.3 Å². The SMILES string of the molecule is CCOC(=O)C(C(C)C)n1cc(-c2ccc(-c3cc(-c4ccccc4O)nnc3N)cc2)cn1. The van der Waals surface area contributed by atoms with Crippen LogP contribution in [0.25, 0.3) is 33.5 Å². The van der Waals surface area contributed by atoms with Crippen LogP contribution >= 0.6 is 0 Å². The van der Waals surface area contributed by atoms with Gasteiger partial charge in [-0.3, -0.25) is 4.68 Å². The van der Waals surface area contributed by atoms with Crippen molar-refractivity contribution < 1.29 is 14.6 Å². The van der Waals surface area contributed by atoms with Gasteiger partial charge in [-0.2, -0.15) is 5.10 Å². The predicted molar refractivity (Wildman–Crippen MR) is 131 cm³/mol. The molecular weight excluding hydrogens is 430 g/mol. The number of hydrogen-bond acceptors (Lipinski definition) is 7. The van der Waals surface area contributed by atoms with Crippen LogP contribution in [0.5, 0.6) is 5.75 Å². The third kappa shape index (κ3) is 4.61. The van der Waals surface area contributed by atoms with Gasteiger partial charge in [0.15, 0.2) is 11.9 Å². The number of benzene rings is 2. The lowest BCUT2D eigenvalue weighted by molar-refractivity contribution is -0.149. The summed E-state index contributed by atoms with van der Waals surface area (Å²) >= 11 is 0. The maximum absolute atomic E-state index is 12.4. The molecule has 3 N–H and O–H groups in total. The van der Waals surface area contributed by atoms with E-state index in [1.807, 2.05) is 56.4 Å². The number of hydrogen-bond donors (Lipinski definition) is 2. The second-order valence-corrected chi connectivity index (χ2v) is 8.27. The molecule has 2 aromatic heterocycles. The van der Waals surface area contributed by atoms with E-state index >= 15 is 0 Å². The monoisotopic (exact) mass is 457 g/mol. The molecule has 2 aromatic carbocycles. The molecule has 4 aromatic rings. The van der Waals surface area contributed by atoms with Crippen LogP contribution in [0, 0.1) is 5.92 Å². The summed E-state index contributed by atoms with van der Waals surface area (Å²) in [6, 6.07) is 16.1. The van der Waals surface area contributed by atoms with Gasteiger partial charge in [-0.25, -0.2) is 4.79 Å². The second-order valence-electron chi connectivity index (χ2n) is 8.27. The molecule has 0 radical (unpaired) electrons. The molecule has 0 aliphatic rings. The van der Waals surface area contributed by atoms with Crippen LogP contribution in [0.3, 0.4) is 0 Å². The molecular formula is C26H27N5O3. The molecule has 0 saturated carbocycles. The van der Waals surface area contributed by atoms with E-state index in [1.54, 1.807) is 36.0 Å². The molecule has 0 spiro atoms. The highest BCUT2D eigenvalue weighted by Gasteiger charge is 2.26. The maximum Gasteiger partial charge on any atom is 0.331 e. The first-order valence-corrected chi connectivity index (χ1v) is 11.1. The molecule has 8 heteroatoms. The molecule has 8 nitrogen and oxygen atoms in total. The molecule has 0 aliphatic carbocycles. The van der Waals surface area contributed by atoms with Crippen molar-refractivity contribution in [2.75, 3.05) is 12.3 Å². The van der Waals surface area contributed by atoms with Crippen molar-refractivity contribution in [3.8, 4) is 39.3 Å². The van der Waals surface area contributed by atoms with Gasteiger partial charge in [0.2, 0.25) is 0 Å². The van der Waals surface area contributed by atoms with Gasteiger partial charge in [-0.1, -0.05) is 50.2 Å². The Hall–Kier alpha value is -4.20. The predicted octanol–water partition coefficient (Wildman–Crippen LogP) is 4.72. The largest absolute Gasteiger partial charge is 0.507 e. The zero-order chi connectivity index (χ0) is 24.2. The lowest BCUT2D eigenvalue weighted by atomic mass is 10.0. The van der Waals surface area contributed by atoms with Crippen molar-refractivity contribution >= 4 is 11.8 Å². The summed E-state index contributed by atoms with van der Waals surface area (Å²) in [5.74, 6) is 0.175. The Labute approximate surface area is 198 Å². The average Bonchev–Trinajstić information content (AvgIpc) is 3.29. The molecule has 0 amide bonds. The smallest absolute Gasteiger partial charge is 0.331 e. The highest BCUT2D eigenvalue weighted by Crippen LogP contribution is 2.33. The Kier molecular flexibility index (Phi) is 6.58. The first kappa shape index (κ1) is 23.0. The number of nitrogens with zero attached hydrogens (tertiary/aromatic N) is 4. The molecule has 0 saturated heterocycles. The molecule has 0 fully saturated rings. The van der Waals surface area contributed by atoms with Crippen molar-refractivity contribution in [3.05, 3.63) is 67.0 Å². The zero-order valence-electron chi connectivity index (χ0n) is 19.3. The number of esters is 1. The van der Waals surface area contributed by atoms with E-state index in [4.69, 9.17) is 10.5 Å². The second kappa shape index (κ2) is 9.74. The minimum atomic E-state index is -0.483. The molecule has 4 rings (SSSR count). The van der Waals surface area contributed by atoms with Crippen LogP contribution in [0.2, 0.25) is 0 Å². The highest BCUT2D eigenvalue weighted by atomic mass is 16.5. The lowest BCUT2D eigenvalue weighted by Crippen LogP contribution is -2.26. The number of phenolic OH excluding ortho intramolecular Hbond substituents is 1. The Morgan fingerprint density at radius 2 is 1.74 bits per heavy atom. The first-order valence-electron chi connectivity index (χ1n) is 11.1. The summed E-state index contributed by atoms with van der Waals surface area (Å²) < 4.78 is 6.88. The van der Waals surface area contributed by atoms with Gasteiger partial charge >= 0.3 is 5.97 Å². The normalized spacial score (nSPS) is 12.0. The fraction of sp³-hybridized carbons (Fsp3) is 0.231. The number of ether oxygens (including phenoxy) is 1. The number of nitrogen functional groups attached to an aromatic ring is 1. The molecule has 1 unspecified atom stereocenters. The van der Waals surface area contributed by atoms with E-state index in [0.29, 0.717) is 23.7 Å². The van der Waals surface area contributed by atoms with Crippen molar-refractivity contribution in [2.45, 2.75) is 26.8 Å². The van der Waals surface area contributed by atoms with Gasteiger partial charge in [-0.05, 0) is 42.2 Å². The van der Waals surface area contributed by atoms with Crippen molar-refractivity contribution in [1.29, 1.82) is 0 Å². The first-order chi connectivity index (χ1) is 16.4. The minimum Gasteiger partial charge on any atom is -0.507 e. The van der Waals surface area contributed by atoms with Gasteiger partial charge in [0.05, 0.1) is 18.5 Å². The number of carbonyl (C=O) groups excluding carboxylic acids is 1. The minimum absolute atomic E-state index is 0.0367. The number of carbonyl (C=O) groups is 1. The molecule has 34 heavy (non-hydrogen) atoms. The topological polar surface area (TPSA) is 116 Å². The van der Waals surface area contributed by atoms with Crippen molar-refractivity contribution in [3.63, 3.8) is 0 Å². The Morgan fingerprint density at radius 1 is 1.03 bits per heavy atom. The quantitative estimate of drug-likeness (QED) is 0.386. The van der Waals surface area contributed by atoms with Crippen molar-refractivity contribution in [2.24, 2.45) is 5.92 Å². The number of rotatable bonds is 7. The van der Waals surface area contributed by atoms with Gasteiger partial charge in [0, 0.05) is 22.9 Å². The molecule has 0 bridgehead atoms. The van der Waals surface area contributed by atoms with E-state index in [1.165, 1.54) is 0 Å². The average molecular weight is 458 g/mol. The summed E-state index contributed by atoms with van der Waals surface area (Å²) in [7, 11) is 0. The number of anilines is 1. The van der Waals surface area contributed by atoms with Crippen LogP contribution in [0.1, 0.15) is 26.8 Å². The van der Waals surface area contributed by atoms with Crippen LogP contribution in [0.15, 0.2) is 67.0 Å². The number of phenols is 1. The summed E-state index contributed by atoms with van der Waals surface area (Å²) in [6.45, 7) is 6.06. The van der Waals surface area contributed by atoms with Crippen LogP contribution < -0.4 is 5.73 Å². The standard InChI is InChI=1S/C26H27N5O3/c1-4-34-26(33)24(16(2)3)31-15-19(14-28-31)17-9-11-18(12-10-17)21-13-22(29-30-25(21)27)20-7-5-6-8-23(20)32/h5-16,24,32H,4H2,1-3H3,(H2,27,30). The fourth-order valence-electron chi connectivity index (χ4n) is 3.85. The summed E-state index contributed by atoms with van der Waals surface area (Å²) in [5, 5.41) is 22.8. The van der Waals surface area contributed by atoms with E-state index in [-0.39, 0.29) is 17.6 Å². The van der Waals surface area contributed by atoms with Crippen LogP contribution in [-0.4, -0.2) is 37.7 Å². The maximum atomic E-state index is 12.4. The van der Waals surface area contributed by atoms with Gasteiger partial charge in [-0.15, -0.1) is 10.2 Å². The van der Waals surface area contributed by atoms with Crippen LogP contribution in [0.4, 0.5) is 5.82 Å². The molecule has 1 atom stereocenters. The van der Waals surface area contributed by atoms with Gasteiger partial charge in [0.25, 0.3) is 0 Å². The highest BCUT2D eigenvalue weighted by molar-refractivity contribution is 5.80. The number of para-hydroxylation sites is 1. The zero-order valence-corrected chi connectivity index (χ0v) is 19.3. The fourth-order valence-corrected chi connectivity index (χ4v) is 3.85. The summed E-state index contributed by atoms with van der Waals surface area (Å²) in [6.07, 6.45) is 3.59. The number of aromatic hydroxyl groups is 1. The Balaban J connectivity index is 1.62. The van der Waals surface area contributed by atoms with Crippen molar-refractivity contribution in [1.82, 2.24) is 20.0 Å². The number of aromatic nitrogens is 4. The number of nitrogens with two attached hydrogens (primary N) is 1. The third-order valence-electron chi connectivity index (χ3n) is 5.58.